The molecule has 0 spiro atoms. The molecule has 0 N–H and O–H groups in total. The van der Waals surface area contributed by atoms with E-state index in [1.54, 1.807) is 0 Å². The summed E-state index contributed by atoms with van der Waals surface area (Å²) in [5, 5.41) is 5.04. The first-order valence-electron chi connectivity index (χ1n) is 11.3. The fourth-order valence-corrected chi connectivity index (χ4v) is 5.78. The van der Waals surface area contributed by atoms with Crippen molar-refractivity contribution in [3.63, 3.8) is 0 Å². The van der Waals surface area contributed by atoms with Crippen LogP contribution in [0.3, 0.4) is 0 Å². The van der Waals surface area contributed by atoms with Crippen LogP contribution in [-0.2, 0) is 5.41 Å². The van der Waals surface area contributed by atoms with Gasteiger partial charge in [0, 0.05) is 22.6 Å². The molecule has 0 bridgehead atoms. The predicted molar refractivity (Wildman–Crippen MR) is 131 cm³/mol. The van der Waals surface area contributed by atoms with Crippen molar-refractivity contribution in [2.45, 2.75) is 32.1 Å². The predicted octanol–water partition coefficient (Wildman–Crippen LogP) is 8.14. The molecule has 1 aromatic heterocycles. The third-order valence-electron chi connectivity index (χ3n) is 7.42. The number of pyridine rings is 1. The Labute approximate surface area is 183 Å². The molecule has 1 heteroatoms. The minimum Gasteiger partial charge on any atom is -0.256 e. The second-order valence-corrected chi connectivity index (χ2v) is 8.64. The molecular formula is C30H25N. The lowest BCUT2D eigenvalue weighted by molar-refractivity contribution is 0.490. The molecule has 31 heavy (non-hydrogen) atoms. The van der Waals surface area contributed by atoms with Crippen molar-refractivity contribution in [1.29, 1.82) is 0 Å². The lowest BCUT2D eigenvalue weighted by Crippen LogP contribution is -2.23. The molecule has 6 rings (SSSR count). The smallest absolute Gasteiger partial charge is 0.0780 e. The molecule has 150 valence electrons. The van der Waals surface area contributed by atoms with E-state index in [-0.39, 0.29) is 5.41 Å². The number of hydrogen-bond acceptors (Lipinski definition) is 1. The van der Waals surface area contributed by atoms with E-state index >= 15 is 0 Å². The monoisotopic (exact) mass is 399 g/mol. The van der Waals surface area contributed by atoms with Crippen LogP contribution < -0.4 is 0 Å². The molecule has 5 aromatic rings. The maximum Gasteiger partial charge on any atom is 0.0780 e. The molecule has 0 saturated carbocycles. The molecule has 0 saturated heterocycles. The third kappa shape index (κ3) is 2.47. The first kappa shape index (κ1) is 18.3. The van der Waals surface area contributed by atoms with Gasteiger partial charge in [-0.15, -0.1) is 0 Å². The summed E-state index contributed by atoms with van der Waals surface area (Å²) in [6.07, 6.45) is 4.16. The zero-order valence-electron chi connectivity index (χ0n) is 18.0. The molecule has 0 radical (unpaired) electrons. The van der Waals surface area contributed by atoms with E-state index in [1.165, 1.54) is 49.4 Å². The Morgan fingerprint density at radius 1 is 0.645 bits per heavy atom. The molecule has 1 aliphatic carbocycles. The van der Waals surface area contributed by atoms with E-state index < -0.39 is 0 Å². The van der Waals surface area contributed by atoms with Gasteiger partial charge in [-0.3, -0.25) is 4.98 Å². The van der Waals surface area contributed by atoms with Crippen LogP contribution in [0.2, 0.25) is 0 Å². The van der Waals surface area contributed by atoms with Gasteiger partial charge in [-0.25, -0.2) is 0 Å². The Hall–Kier alpha value is -3.45. The summed E-state index contributed by atoms with van der Waals surface area (Å²) in [7, 11) is 0. The van der Waals surface area contributed by atoms with Crippen molar-refractivity contribution in [2.24, 2.45) is 0 Å². The summed E-state index contributed by atoms with van der Waals surface area (Å²) in [5.74, 6) is 0. The standard InChI is InChI=1S/C30H25N/c1-3-30(4-2)27-12-8-7-11-24(27)25-15-14-21(19-28(25)30)29-26-16-13-20-9-5-6-10-22(20)23(26)17-18-31-29/h5-19H,3-4H2,1-2H3. The zero-order chi connectivity index (χ0) is 21.0. The average molecular weight is 400 g/mol. The van der Waals surface area contributed by atoms with Crippen molar-refractivity contribution in [3.8, 4) is 22.4 Å². The highest BCUT2D eigenvalue weighted by molar-refractivity contribution is 6.11. The Balaban J connectivity index is 1.61. The molecule has 4 aromatic carbocycles. The lowest BCUT2D eigenvalue weighted by atomic mass is 9.73. The van der Waals surface area contributed by atoms with Crippen LogP contribution in [0.1, 0.15) is 37.8 Å². The second kappa shape index (κ2) is 6.78. The van der Waals surface area contributed by atoms with Crippen LogP contribution in [0.5, 0.6) is 0 Å². The van der Waals surface area contributed by atoms with Crippen LogP contribution in [0.15, 0.2) is 91.1 Å². The summed E-state index contributed by atoms with van der Waals surface area (Å²) in [4.78, 5) is 4.86. The van der Waals surface area contributed by atoms with Crippen molar-refractivity contribution >= 4 is 21.5 Å². The normalized spacial score (nSPS) is 14.0. The van der Waals surface area contributed by atoms with Crippen LogP contribution >= 0.6 is 0 Å². The largest absolute Gasteiger partial charge is 0.256 e. The summed E-state index contributed by atoms with van der Waals surface area (Å²) < 4.78 is 0. The van der Waals surface area contributed by atoms with Gasteiger partial charge in [-0.2, -0.15) is 0 Å². The Kier molecular flexibility index (Phi) is 4.01. The van der Waals surface area contributed by atoms with E-state index in [9.17, 15) is 0 Å². The SMILES string of the molecule is CCC1(CC)c2ccccc2-c2ccc(-c3nccc4c3ccc3ccccc34)cc21. The Bertz CT molecular complexity index is 1460. The van der Waals surface area contributed by atoms with Gasteiger partial charge in [0.05, 0.1) is 5.69 Å². The van der Waals surface area contributed by atoms with Gasteiger partial charge < -0.3 is 0 Å². The Morgan fingerprint density at radius 2 is 1.42 bits per heavy atom. The molecule has 0 atom stereocenters. The fraction of sp³-hybridized carbons (Fsp3) is 0.167. The third-order valence-corrected chi connectivity index (χ3v) is 7.42. The van der Waals surface area contributed by atoms with Gasteiger partial charge >= 0.3 is 0 Å². The van der Waals surface area contributed by atoms with E-state index in [2.05, 4.69) is 98.8 Å². The van der Waals surface area contributed by atoms with Crippen molar-refractivity contribution in [3.05, 3.63) is 102 Å². The first-order valence-corrected chi connectivity index (χ1v) is 11.3. The number of aromatic nitrogens is 1. The molecule has 1 nitrogen and oxygen atoms in total. The maximum absolute atomic E-state index is 4.86. The van der Waals surface area contributed by atoms with Crippen LogP contribution in [0, 0.1) is 0 Å². The highest BCUT2D eigenvalue weighted by Gasteiger charge is 2.40. The molecule has 0 fully saturated rings. The first-order chi connectivity index (χ1) is 15.3. The molecule has 0 unspecified atom stereocenters. The summed E-state index contributed by atoms with van der Waals surface area (Å²) in [6, 6.07) is 31.1. The number of hydrogen-bond donors (Lipinski definition) is 0. The number of fused-ring (bicyclic) bond motifs is 6. The molecule has 1 heterocycles. The number of rotatable bonds is 3. The molecule has 0 aliphatic heterocycles. The quantitative estimate of drug-likeness (QED) is 0.279. The van der Waals surface area contributed by atoms with Crippen molar-refractivity contribution in [1.82, 2.24) is 4.98 Å². The average Bonchev–Trinajstić information content (AvgIpc) is 3.13. The summed E-state index contributed by atoms with van der Waals surface area (Å²) in [6.45, 7) is 4.65. The van der Waals surface area contributed by atoms with E-state index in [0.717, 1.165) is 18.5 Å². The van der Waals surface area contributed by atoms with Crippen LogP contribution in [0.25, 0.3) is 43.9 Å². The van der Waals surface area contributed by atoms with E-state index in [4.69, 9.17) is 4.98 Å². The van der Waals surface area contributed by atoms with Gasteiger partial charge in [0.25, 0.3) is 0 Å². The van der Waals surface area contributed by atoms with Gasteiger partial charge in [0.2, 0.25) is 0 Å². The van der Waals surface area contributed by atoms with E-state index in [1.807, 2.05) is 6.20 Å². The zero-order valence-corrected chi connectivity index (χ0v) is 18.0. The summed E-state index contributed by atoms with van der Waals surface area (Å²) in [5.41, 5.74) is 8.07. The summed E-state index contributed by atoms with van der Waals surface area (Å²) >= 11 is 0. The van der Waals surface area contributed by atoms with Crippen molar-refractivity contribution < 1.29 is 0 Å². The van der Waals surface area contributed by atoms with Gasteiger partial charge in [-0.1, -0.05) is 86.6 Å². The number of nitrogens with zero attached hydrogens (tertiary/aromatic N) is 1. The highest BCUT2D eigenvalue weighted by Crippen LogP contribution is 2.53. The van der Waals surface area contributed by atoms with Crippen molar-refractivity contribution in [2.75, 3.05) is 0 Å². The maximum atomic E-state index is 4.86. The van der Waals surface area contributed by atoms with Gasteiger partial charge in [0.1, 0.15) is 0 Å². The minimum absolute atomic E-state index is 0.0826. The van der Waals surface area contributed by atoms with E-state index in [0.29, 0.717) is 0 Å². The molecule has 0 amide bonds. The van der Waals surface area contributed by atoms with Gasteiger partial charge in [0.15, 0.2) is 0 Å². The minimum atomic E-state index is 0.0826. The van der Waals surface area contributed by atoms with Gasteiger partial charge in [-0.05, 0) is 63.4 Å². The number of benzene rings is 4. The highest BCUT2D eigenvalue weighted by atomic mass is 14.7. The molecular weight excluding hydrogens is 374 g/mol. The fourth-order valence-electron chi connectivity index (χ4n) is 5.78. The Morgan fingerprint density at radius 3 is 2.29 bits per heavy atom. The molecule has 1 aliphatic rings. The van der Waals surface area contributed by atoms with Crippen LogP contribution in [-0.4, -0.2) is 4.98 Å². The van der Waals surface area contributed by atoms with Crippen LogP contribution in [0.4, 0.5) is 0 Å². The topological polar surface area (TPSA) is 12.9 Å². The second-order valence-electron chi connectivity index (χ2n) is 8.64. The lowest BCUT2D eigenvalue weighted by Gasteiger charge is -2.30.